The first-order valence-corrected chi connectivity index (χ1v) is 13.5. The molecule has 0 saturated heterocycles. The normalized spacial score (nSPS) is 11.5. The lowest BCUT2D eigenvalue weighted by atomic mass is 10.3. The Hall–Kier alpha value is -3.32. The van der Waals surface area contributed by atoms with E-state index in [-0.39, 0.29) is 11.7 Å². The van der Waals surface area contributed by atoms with Crippen LogP contribution in [-0.4, -0.2) is 42.7 Å². The van der Waals surface area contributed by atoms with Gasteiger partial charge >= 0.3 is 0 Å². The summed E-state index contributed by atoms with van der Waals surface area (Å²) in [7, 11) is 1.63. The molecule has 0 aliphatic heterocycles. The summed E-state index contributed by atoms with van der Waals surface area (Å²) in [5.74, 6) is 0.744. The van der Waals surface area contributed by atoms with Gasteiger partial charge in [0, 0.05) is 17.6 Å². The zero-order valence-corrected chi connectivity index (χ0v) is 21.4. The monoisotopic (exact) mass is 536 g/mol. The highest BCUT2D eigenvalue weighted by atomic mass is 32.2. The number of carbonyl (C=O) groups excluding carboxylic acids is 1. The van der Waals surface area contributed by atoms with Crippen LogP contribution in [0.3, 0.4) is 0 Å². The van der Waals surface area contributed by atoms with E-state index in [9.17, 15) is 4.79 Å². The number of hydrogen-bond donors (Lipinski definition) is 1. The summed E-state index contributed by atoms with van der Waals surface area (Å²) >= 11 is 9.95. The fraction of sp³-hybridized carbons (Fsp3) is 0.0870. The Morgan fingerprint density at radius 2 is 2.06 bits per heavy atom. The Labute approximate surface area is 216 Å². The van der Waals surface area contributed by atoms with Crippen molar-refractivity contribution < 1.29 is 9.53 Å². The summed E-state index contributed by atoms with van der Waals surface area (Å²) in [6.45, 7) is 0. The van der Waals surface area contributed by atoms with Crippen molar-refractivity contribution in [2.75, 3.05) is 18.2 Å². The van der Waals surface area contributed by atoms with E-state index in [1.54, 1.807) is 13.3 Å². The van der Waals surface area contributed by atoms with Gasteiger partial charge in [0.15, 0.2) is 25.5 Å². The topological polar surface area (TPSA) is 86.3 Å². The second-order valence-electron chi connectivity index (χ2n) is 7.39. The molecule has 0 bridgehead atoms. The van der Waals surface area contributed by atoms with Crippen LogP contribution >= 0.6 is 46.7 Å². The van der Waals surface area contributed by atoms with Crippen LogP contribution in [0.25, 0.3) is 32.7 Å². The van der Waals surface area contributed by atoms with E-state index in [2.05, 4.69) is 10.3 Å². The Balaban J connectivity index is 1.52. The Morgan fingerprint density at radius 1 is 1.17 bits per heavy atom. The van der Waals surface area contributed by atoms with Crippen LogP contribution in [-0.2, 0) is 4.79 Å². The third-order valence-corrected chi connectivity index (χ3v) is 8.25. The first kappa shape index (κ1) is 22.2. The molecule has 0 spiro atoms. The van der Waals surface area contributed by atoms with Crippen LogP contribution in [0.2, 0.25) is 0 Å². The first-order valence-electron chi connectivity index (χ1n) is 10.4. The molecule has 174 valence electrons. The molecule has 0 saturated carbocycles. The number of hydrogen-bond acceptors (Lipinski definition) is 9. The minimum atomic E-state index is -0.153. The molecule has 4 aromatic heterocycles. The van der Waals surface area contributed by atoms with Crippen molar-refractivity contribution in [3.63, 3.8) is 0 Å². The van der Waals surface area contributed by atoms with Crippen molar-refractivity contribution >= 4 is 84.7 Å². The number of imidazole rings is 1. The van der Waals surface area contributed by atoms with E-state index in [1.165, 1.54) is 34.4 Å². The molecule has 1 N–H and O–H groups in total. The molecule has 0 atom stereocenters. The number of fused-ring (bicyclic) bond motifs is 5. The van der Waals surface area contributed by atoms with Gasteiger partial charge in [0.1, 0.15) is 10.4 Å². The SMILES string of the molecule is COc1cccc(-n2c(=S)sc3c2nc(SCC(=O)Nc2nccs2)n2c4ccccc4nc32)c1. The van der Waals surface area contributed by atoms with Crippen LogP contribution in [0.1, 0.15) is 0 Å². The van der Waals surface area contributed by atoms with Crippen molar-refractivity contribution in [3.05, 3.63) is 64.1 Å². The van der Waals surface area contributed by atoms with Gasteiger partial charge in [0.25, 0.3) is 0 Å². The van der Waals surface area contributed by atoms with Crippen molar-refractivity contribution in [2.24, 2.45) is 0 Å². The molecule has 6 rings (SSSR count). The standard InChI is InChI=1S/C23H16N6O2S4/c1-31-14-6-4-5-13(11-14)28-20-18(35-23(28)32)19-25-15-7-2-3-8-16(15)29(19)22(27-20)34-12-17(30)26-21-24-9-10-33-21/h2-11H,12H2,1H3,(H,24,26,30). The molecule has 1 amide bonds. The predicted octanol–water partition coefficient (Wildman–Crippen LogP) is 5.81. The highest BCUT2D eigenvalue weighted by Crippen LogP contribution is 2.34. The maximum Gasteiger partial charge on any atom is 0.236 e. The minimum absolute atomic E-state index is 0.153. The van der Waals surface area contributed by atoms with E-state index in [1.807, 2.05) is 62.9 Å². The molecule has 8 nitrogen and oxygen atoms in total. The van der Waals surface area contributed by atoms with Gasteiger partial charge in [-0.1, -0.05) is 41.3 Å². The number of rotatable bonds is 6. The predicted molar refractivity (Wildman–Crippen MR) is 144 cm³/mol. The number of nitrogens with zero attached hydrogens (tertiary/aromatic N) is 5. The summed E-state index contributed by atoms with van der Waals surface area (Å²) in [5.41, 5.74) is 4.08. The highest BCUT2D eigenvalue weighted by Gasteiger charge is 2.20. The third kappa shape index (κ3) is 3.97. The molecule has 0 radical (unpaired) electrons. The molecule has 12 heteroatoms. The average Bonchev–Trinajstić information content (AvgIpc) is 3.59. The van der Waals surface area contributed by atoms with Crippen molar-refractivity contribution in [1.82, 2.24) is 23.9 Å². The molecule has 35 heavy (non-hydrogen) atoms. The van der Waals surface area contributed by atoms with Crippen LogP contribution in [0.15, 0.2) is 65.3 Å². The number of anilines is 1. The molecular formula is C23H16N6O2S4. The van der Waals surface area contributed by atoms with Crippen LogP contribution in [0.4, 0.5) is 5.13 Å². The Bertz CT molecular complexity index is 1770. The average molecular weight is 537 g/mol. The van der Waals surface area contributed by atoms with Gasteiger partial charge in [-0.2, -0.15) is 0 Å². The van der Waals surface area contributed by atoms with Gasteiger partial charge in [-0.25, -0.2) is 15.0 Å². The number of amides is 1. The fourth-order valence-corrected chi connectivity index (χ4v) is 6.47. The summed E-state index contributed by atoms with van der Waals surface area (Å²) in [6, 6.07) is 15.6. The van der Waals surface area contributed by atoms with Crippen molar-refractivity contribution in [1.29, 1.82) is 0 Å². The number of nitrogens with one attached hydrogen (secondary N) is 1. The number of aromatic nitrogens is 5. The maximum absolute atomic E-state index is 12.6. The zero-order valence-electron chi connectivity index (χ0n) is 18.2. The van der Waals surface area contributed by atoms with Crippen LogP contribution in [0, 0.1) is 3.95 Å². The van der Waals surface area contributed by atoms with E-state index < -0.39 is 0 Å². The third-order valence-electron chi connectivity index (χ3n) is 5.27. The van der Waals surface area contributed by atoms with Crippen molar-refractivity contribution in [2.45, 2.75) is 5.16 Å². The van der Waals surface area contributed by atoms with Gasteiger partial charge in [0.05, 0.1) is 29.6 Å². The molecule has 0 aliphatic rings. The molecular weight excluding hydrogens is 521 g/mol. The molecule has 0 fully saturated rings. The van der Waals surface area contributed by atoms with E-state index >= 15 is 0 Å². The van der Waals surface area contributed by atoms with Gasteiger partial charge in [-0.15, -0.1) is 11.3 Å². The second-order valence-corrected chi connectivity index (χ2v) is 10.9. The van der Waals surface area contributed by atoms with Crippen LogP contribution < -0.4 is 10.1 Å². The van der Waals surface area contributed by atoms with E-state index in [0.717, 1.165) is 32.8 Å². The summed E-state index contributed by atoms with van der Waals surface area (Å²) < 4.78 is 10.9. The fourth-order valence-electron chi connectivity index (χ4n) is 3.77. The number of thioether (sulfide) groups is 1. The molecule has 6 aromatic rings. The molecule has 0 unspecified atom stereocenters. The quantitative estimate of drug-likeness (QED) is 0.163. The lowest BCUT2D eigenvalue weighted by Crippen LogP contribution is -2.14. The smallest absolute Gasteiger partial charge is 0.236 e. The molecule has 4 heterocycles. The lowest BCUT2D eigenvalue weighted by Gasteiger charge is -2.09. The number of thiazole rings is 2. The number of ether oxygens (including phenoxy) is 1. The largest absolute Gasteiger partial charge is 0.497 e. The van der Waals surface area contributed by atoms with E-state index in [0.29, 0.717) is 19.9 Å². The highest BCUT2D eigenvalue weighted by molar-refractivity contribution is 7.99. The van der Waals surface area contributed by atoms with Gasteiger partial charge < -0.3 is 10.1 Å². The minimum Gasteiger partial charge on any atom is -0.497 e. The lowest BCUT2D eigenvalue weighted by molar-refractivity contribution is -0.113. The zero-order chi connectivity index (χ0) is 23.9. The second kappa shape index (κ2) is 9.04. The first-order chi connectivity index (χ1) is 17.1. The number of methoxy groups -OCH3 is 1. The van der Waals surface area contributed by atoms with E-state index in [4.69, 9.17) is 26.9 Å². The Kier molecular flexibility index (Phi) is 5.72. The molecule has 2 aromatic carbocycles. The maximum atomic E-state index is 12.6. The Morgan fingerprint density at radius 3 is 2.89 bits per heavy atom. The van der Waals surface area contributed by atoms with Gasteiger partial charge in [-0.05, 0) is 36.5 Å². The van der Waals surface area contributed by atoms with Crippen LogP contribution in [0.5, 0.6) is 5.75 Å². The summed E-state index contributed by atoms with van der Waals surface area (Å²) in [4.78, 5) is 26.6. The summed E-state index contributed by atoms with van der Waals surface area (Å²) in [5, 5.41) is 5.87. The molecule has 0 aliphatic carbocycles. The summed E-state index contributed by atoms with van der Waals surface area (Å²) in [6.07, 6.45) is 1.66. The van der Waals surface area contributed by atoms with Gasteiger partial charge in [0.2, 0.25) is 5.91 Å². The number of benzene rings is 2. The number of carbonyl (C=O) groups is 1. The van der Waals surface area contributed by atoms with Crippen molar-refractivity contribution in [3.8, 4) is 11.4 Å². The van der Waals surface area contributed by atoms with Gasteiger partial charge in [-0.3, -0.25) is 13.8 Å². The number of para-hydroxylation sites is 2.